The maximum absolute atomic E-state index is 11.9. The summed E-state index contributed by atoms with van der Waals surface area (Å²) in [6, 6.07) is 5.70. The molecule has 1 amide bonds. The van der Waals surface area contributed by atoms with Gasteiger partial charge in [-0.05, 0) is 37.0 Å². The Morgan fingerprint density at radius 2 is 2.30 bits per heavy atom. The van der Waals surface area contributed by atoms with Crippen molar-refractivity contribution in [1.82, 2.24) is 19.9 Å². The minimum atomic E-state index is -0.0844. The minimum Gasteiger partial charge on any atom is -0.346 e. The van der Waals surface area contributed by atoms with Crippen molar-refractivity contribution in [2.24, 2.45) is 0 Å². The lowest BCUT2D eigenvalue weighted by atomic mass is 10.2. The molecule has 0 aromatic carbocycles. The van der Waals surface area contributed by atoms with Crippen molar-refractivity contribution >= 4 is 23.3 Å². The highest BCUT2D eigenvalue weighted by atomic mass is 32.2. The van der Waals surface area contributed by atoms with Gasteiger partial charge in [0.1, 0.15) is 0 Å². The van der Waals surface area contributed by atoms with Crippen molar-refractivity contribution in [2.75, 3.05) is 12.0 Å². The fourth-order valence-corrected chi connectivity index (χ4v) is 2.56. The number of nitrogens with one attached hydrogen (secondary N) is 1. The zero-order valence-electron chi connectivity index (χ0n) is 11.9. The average Bonchev–Trinajstić information content (AvgIpc) is 2.87. The molecule has 0 saturated heterocycles. The van der Waals surface area contributed by atoms with Gasteiger partial charge in [-0.2, -0.15) is 11.8 Å². The summed E-state index contributed by atoms with van der Waals surface area (Å²) in [7, 11) is 0. The van der Waals surface area contributed by atoms with Gasteiger partial charge in [0.05, 0.1) is 6.04 Å². The fourth-order valence-electron chi connectivity index (χ4n) is 2.09. The fraction of sp³-hybridized carbons (Fsp3) is 0.500. The highest BCUT2D eigenvalue weighted by Crippen LogP contribution is 2.18. The van der Waals surface area contributed by atoms with Crippen molar-refractivity contribution in [1.29, 1.82) is 0 Å². The number of carbonyl (C=O) groups excluding carboxylic acids is 1. The van der Waals surface area contributed by atoms with Crippen LogP contribution in [0, 0.1) is 0 Å². The largest absolute Gasteiger partial charge is 0.346 e. The molecule has 2 rings (SSSR count). The summed E-state index contributed by atoms with van der Waals surface area (Å²) >= 11 is 1.76. The number of pyridine rings is 1. The number of carbonyl (C=O) groups is 1. The van der Waals surface area contributed by atoms with E-state index in [0.29, 0.717) is 6.42 Å². The highest BCUT2D eigenvalue weighted by Gasteiger charge is 2.19. The van der Waals surface area contributed by atoms with Crippen molar-refractivity contribution in [3.63, 3.8) is 0 Å². The van der Waals surface area contributed by atoms with E-state index in [4.69, 9.17) is 0 Å². The summed E-state index contributed by atoms with van der Waals surface area (Å²) in [4.78, 5) is 11.9. The Kier molecular flexibility index (Phi) is 5.40. The third-order valence-electron chi connectivity index (χ3n) is 3.07. The maximum Gasteiger partial charge on any atom is 0.220 e. The number of fused-ring (bicyclic) bond motifs is 1. The van der Waals surface area contributed by atoms with E-state index in [9.17, 15) is 4.79 Å². The topological polar surface area (TPSA) is 59.3 Å². The summed E-state index contributed by atoms with van der Waals surface area (Å²) in [5.41, 5.74) is 0.807. The molecule has 5 nitrogen and oxygen atoms in total. The number of amides is 1. The van der Waals surface area contributed by atoms with E-state index in [1.54, 1.807) is 11.8 Å². The summed E-state index contributed by atoms with van der Waals surface area (Å²) < 4.78 is 1.94. The second kappa shape index (κ2) is 7.28. The van der Waals surface area contributed by atoms with Crippen LogP contribution in [-0.2, 0) is 4.79 Å². The molecule has 6 heteroatoms. The Hall–Kier alpha value is -1.56. The van der Waals surface area contributed by atoms with Crippen LogP contribution in [0.15, 0.2) is 24.4 Å². The van der Waals surface area contributed by atoms with Crippen molar-refractivity contribution < 1.29 is 4.79 Å². The first-order valence-electron chi connectivity index (χ1n) is 6.84. The first-order valence-corrected chi connectivity index (χ1v) is 8.23. The first kappa shape index (κ1) is 14.8. The van der Waals surface area contributed by atoms with Crippen LogP contribution >= 0.6 is 11.8 Å². The summed E-state index contributed by atoms with van der Waals surface area (Å²) in [6.45, 7) is 2.00. The molecule has 108 valence electrons. The van der Waals surface area contributed by atoms with E-state index in [1.165, 1.54) is 0 Å². The van der Waals surface area contributed by atoms with Gasteiger partial charge in [-0.1, -0.05) is 13.0 Å². The molecule has 0 spiro atoms. The average molecular weight is 292 g/mol. The molecule has 0 bridgehead atoms. The van der Waals surface area contributed by atoms with Gasteiger partial charge in [0.2, 0.25) is 5.91 Å². The molecule has 2 aromatic heterocycles. The quantitative estimate of drug-likeness (QED) is 0.851. The van der Waals surface area contributed by atoms with Crippen molar-refractivity contribution in [3.05, 3.63) is 30.2 Å². The van der Waals surface area contributed by atoms with Gasteiger partial charge in [-0.25, -0.2) is 0 Å². The molecule has 0 fully saturated rings. The Morgan fingerprint density at radius 3 is 3.05 bits per heavy atom. The molecule has 1 unspecified atom stereocenters. The molecule has 0 saturated carbocycles. The summed E-state index contributed by atoms with van der Waals surface area (Å²) in [6.07, 6.45) is 6.25. The number of rotatable bonds is 7. The molecule has 0 aliphatic rings. The van der Waals surface area contributed by atoms with Crippen LogP contribution in [0.1, 0.15) is 38.1 Å². The van der Waals surface area contributed by atoms with E-state index >= 15 is 0 Å². The maximum atomic E-state index is 11.9. The molecule has 2 heterocycles. The van der Waals surface area contributed by atoms with Crippen molar-refractivity contribution in [2.45, 2.75) is 32.2 Å². The van der Waals surface area contributed by atoms with Gasteiger partial charge in [0, 0.05) is 12.6 Å². The monoisotopic (exact) mass is 292 g/mol. The van der Waals surface area contributed by atoms with Gasteiger partial charge < -0.3 is 5.32 Å². The zero-order valence-corrected chi connectivity index (χ0v) is 12.7. The standard InChI is InChI=1S/C14H20N4OS/c1-3-6-13(19)15-11(8-10-20-2)14-17-16-12-7-4-5-9-18(12)14/h4-5,7,9,11H,3,6,8,10H2,1-2H3,(H,15,19). The van der Waals surface area contributed by atoms with Gasteiger partial charge in [0.15, 0.2) is 11.5 Å². The van der Waals surface area contributed by atoms with Crippen LogP contribution < -0.4 is 5.32 Å². The van der Waals surface area contributed by atoms with Gasteiger partial charge in [0.25, 0.3) is 0 Å². The smallest absolute Gasteiger partial charge is 0.220 e. The Balaban J connectivity index is 2.23. The van der Waals surface area contributed by atoms with Gasteiger partial charge in [-0.15, -0.1) is 10.2 Å². The third kappa shape index (κ3) is 3.50. The molecular weight excluding hydrogens is 272 g/mol. The Morgan fingerprint density at radius 1 is 1.45 bits per heavy atom. The molecule has 0 aliphatic carbocycles. The zero-order chi connectivity index (χ0) is 14.4. The molecular formula is C14H20N4OS. The van der Waals surface area contributed by atoms with E-state index in [2.05, 4.69) is 21.8 Å². The van der Waals surface area contributed by atoms with Crippen molar-refractivity contribution in [3.8, 4) is 0 Å². The normalized spacial score (nSPS) is 12.5. The second-order valence-electron chi connectivity index (χ2n) is 4.64. The molecule has 1 N–H and O–H groups in total. The molecule has 2 aromatic rings. The van der Waals surface area contributed by atoms with Crippen LogP contribution in [-0.4, -0.2) is 32.5 Å². The van der Waals surface area contributed by atoms with Gasteiger partial charge in [-0.3, -0.25) is 9.20 Å². The van der Waals surface area contributed by atoms with Gasteiger partial charge >= 0.3 is 0 Å². The number of hydrogen-bond donors (Lipinski definition) is 1. The number of aromatic nitrogens is 3. The molecule has 1 atom stereocenters. The second-order valence-corrected chi connectivity index (χ2v) is 5.62. The highest BCUT2D eigenvalue weighted by molar-refractivity contribution is 7.98. The first-order chi connectivity index (χ1) is 9.76. The predicted molar refractivity (Wildman–Crippen MR) is 81.8 cm³/mol. The number of thioether (sulfide) groups is 1. The third-order valence-corrected chi connectivity index (χ3v) is 3.72. The lowest BCUT2D eigenvalue weighted by Gasteiger charge is -2.16. The minimum absolute atomic E-state index is 0.0753. The lowest BCUT2D eigenvalue weighted by Crippen LogP contribution is -2.30. The number of hydrogen-bond acceptors (Lipinski definition) is 4. The van der Waals surface area contributed by atoms with Crippen LogP contribution in [0.5, 0.6) is 0 Å². The Labute approximate surface area is 123 Å². The Bertz CT molecular complexity index is 569. The van der Waals surface area contributed by atoms with E-state index in [-0.39, 0.29) is 11.9 Å². The SMILES string of the molecule is CCCC(=O)NC(CCSC)c1nnc2ccccn12. The molecule has 0 radical (unpaired) electrons. The summed E-state index contributed by atoms with van der Waals surface area (Å²) in [5, 5.41) is 11.5. The predicted octanol–water partition coefficient (Wildman–Crippen LogP) is 2.44. The lowest BCUT2D eigenvalue weighted by molar-refractivity contribution is -0.121. The van der Waals surface area contributed by atoms with Crippen LogP contribution in [0.2, 0.25) is 0 Å². The molecule has 20 heavy (non-hydrogen) atoms. The number of nitrogens with zero attached hydrogens (tertiary/aromatic N) is 3. The van der Waals surface area contributed by atoms with E-state index in [0.717, 1.165) is 30.1 Å². The van der Waals surface area contributed by atoms with Crippen LogP contribution in [0.3, 0.4) is 0 Å². The molecule has 0 aliphatic heterocycles. The van der Waals surface area contributed by atoms with E-state index in [1.807, 2.05) is 35.7 Å². The van der Waals surface area contributed by atoms with E-state index < -0.39 is 0 Å². The van der Waals surface area contributed by atoms with Crippen LogP contribution in [0.4, 0.5) is 0 Å². The van der Waals surface area contributed by atoms with Crippen LogP contribution in [0.25, 0.3) is 5.65 Å². The summed E-state index contributed by atoms with van der Waals surface area (Å²) in [5.74, 6) is 1.85.